The Morgan fingerprint density at radius 1 is 1.45 bits per heavy atom. The van der Waals surface area contributed by atoms with E-state index in [9.17, 15) is 4.79 Å². The number of thioether (sulfide) groups is 1. The summed E-state index contributed by atoms with van der Waals surface area (Å²) in [6.07, 6.45) is 2.80. The Kier molecular flexibility index (Phi) is 6.42. The zero-order chi connectivity index (χ0) is 8.69. The fraction of sp³-hybridized carbons (Fsp3) is 0.875. The molecule has 11 heavy (non-hydrogen) atoms. The monoisotopic (exact) mass is 176 g/mol. The van der Waals surface area contributed by atoms with Crippen LogP contribution in [0.15, 0.2) is 0 Å². The number of aliphatic carboxylic acids is 1. The van der Waals surface area contributed by atoms with Gasteiger partial charge in [0.2, 0.25) is 0 Å². The summed E-state index contributed by atoms with van der Waals surface area (Å²) in [6.45, 7) is 4.08. The standard InChI is InChI=1S/C8H16O2S/c1-3-5-7(8(9)10)11-6-4-2/h7H,3-6H2,1-2H3,(H,9,10). The number of rotatable bonds is 6. The highest BCUT2D eigenvalue weighted by molar-refractivity contribution is 8.00. The topological polar surface area (TPSA) is 37.3 Å². The van der Waals surface area contributed by atoms with Crippen molar-refractivity contribution in [1.29, 1.82) is 0 Å². The van der Waals surface area contributed by atoms with Gasteiger partial charge in [-0.15, -0.1) is 11.8 Å². The van der Waals surface area contributed by atoms with Crippen LogP contribution in [0.1, 0.15) is 33.1 Å². The minimum Gasteiger partial charge on any atom is -0.480 e. The highest BCUT2D eigenvalue weighted by Gasteiger charge is 2.15. The zero-order valence-corrected chi connectivity index (χ0v) is 7.99. The Hall–Kier alpha value is -0.180. The fourth-order valence-corrected chi connectivity index (χ4v) is 1.87. The van der Waals surface area contributed by atoms with Gasteiger partial charge in [0.25, 0.3) is 0 Å². The van der Waals surface area contributed by atoms with Crippen LogP contribution in [0.2, 0.25) is 0 Å². The molecular weight excluding hydrogens is 160 g/mol. The molecule has 0 aromatic carbocycles. The zero-order valence-electron chi connectivity index (χ0n) is 7.17. The Labute approximate surface area is 72.4 Å². The van der Waals surface area contributed by atoms with Gasteiger partial charge in [-0.3, -0.25) is 4.79 Å². The molecule has 0 heterocycles. The van der Waals surface area contributed by atoms with Crippen molar-refractivity contribution in [2.75, 3.05) is 5.75 Å². The maximum absolute atomic E-state index is 10.6. The summed E-state index contributed by atoms with van der Waals surface area (Å²) in [6, 6.07) is 0. The molecule has 1 N–H and O–H groups in total. The Bertz CT molecular complexity index is 115. The number of carboxylic acids is 1. The number of carbonyl (C=O) groups is 1. The Morgan fingerprint density at radius 3 is 2.45 bits per heavy atom. The molecule has 0 aromatic heterocycles. The van der Waals surface area contributed by atoms with E-state index in [-0.39, 0.29) is 5.25 Å². The predicted octanol–water partition coefficient (Wildman–Crippen LogP) is 2.38. The molecule has 0 radical (unpaired) electrons. The number of carboxylic acid groups (broad SMARTS) is 1. The van der Waals surface area contributed by atoms with Gasteiger partial charge in [0.1, 0.15) is 5.25 Å². The molecule has 0 aliphatic heterocycles. The highest BCUT2D eigenvalue weighted by atomic mass is 32.2. The summed E-state index contributed by atoms with van der Waals surface area (Å²) in [5, 5.41) is 8.53. The quantitative estimate of drug-likeness (QED) is 0.675. The van der Waals surface area contributed by atoms with Gasteiger partial charge in [-0.05, 0) is 18.6 Å². The summed E-state index contributed by atoms with van der Waals surface area (Å²) >= 11 is 1.55. The van der Waals surface area contributed by atoms with E-state index in [4.69, 9.17) is 5.11 Å². The van der Waals surface area contributed by atoms with Crippen LogP contribution < -0.4 is 0 Å². The van der Waals surface area contributed by atoms with Crippen LogP contribution in [-0.4, -0.2) is 22.1 Å². The second-order valence-corrected chi connectivity index (χ2v) is 3.80. The molecule has 3 heteroatoms. The molecule has 0 rings (SSSR count). The number of hydrogen-bond donors (Lipinski definition) is 1. The number of hydrogen-bond acceptors (Lipinski definition) is 2. The molecule has 0 saturated carbocycles. The summed E-state index contributed by atoms with van der Waals surface area (Å²) in [5.41, 5.74) is 0. The lowest BCUT2D eigenvalue weighted by atomic mass is 10.2. The van der Waals surface area contributed by atoms with E-state index in [1.54, 1.807) is 11.8 Å². The van der Waals surface area contributed by atoms with Crippen molar-refractivity contribution >= 4 is 17.7 Å². The first kappa shape index (κ1) is 10.8. The van der Waals surface area contributed by atoms with E-state index in [1.807, 2.05) is 6.92 Å². The second kappa shape index (κ2) is 6.53. The molecule has 1 unspecified atom stereocenters. The average Bonchev–Trinajstić information content (AvgIpc) is 1.97. The van der Waals surface area contributed by atoms with Crippen molar-refractivity contribution < 1.29 is 9.90 Å². The maximum atomic E-state index is 10.6. The third-order valence-corrected chi connectivity index (χ3v) is 2.83. The molecule has 0 aliphatic rings. The summed E-state index contributed by atoms with van der Waals surface area (Å²) in [5.74, 6) is 0.294. The van der Waals surface area contributed by atoms with Crippen LogP contribution in [-0.2, 0) is 4.79 Å². The first-order valence-electron chi connectivity index (χ1n) is 4.06. The average molecular weight is 176 g/mol. The van der Waals surface area contributed by atoms with E-state index >= 15 is 0 Å². The van der Waals surface area contributed by atoms with Crippen LogP contribution in [0.4, 0.5) is 0 Å². The van der Waals surface area contributed by atoms with E-state index in [0.717, 1.165) is 25.0 Å². The molecule has 2 nitrogen and oxygen atoms in total. The summed E-state index contributed by atoms with van der Waals surface area (Å²) in [4.78, 5) is 10.6. The molecule has 66 valence electrons. The predicted molar refractivity (Wildman–Crippen MR) is 49.1 cm³/mol. The van der Waals surface area contributed by atoms with Crippen molar-refractivity contribution in [3.8, 4) is 0 Å². The lowest BCUT2D eigenvalue weighted by Crippen LogP contribution is -2.16. The van der Waals surface area contributed by atoms with Gasteiger partial charge in [0.05, 0.1) is 0 Å². The van der Waals surface area contributed by atoms with Gasteiger partial charge < -0.3 is 5.11 Å². The lowest BCUT2D eigenvalue weighted by molar-refractivity contribution is -0.136. The third kappa shape index (κ3) is 5.13. The highest BCUT2D eigenvalue weighted by Crippen LogP contribution is 2.17. The molecule has 0 aromatic rings. The van der Waals surface area contributed by atoms with Crippen molar-refractivity contribution in [2.45, 2.75) is 38.4 Å². The van der Waals surface area contributed by atoms with E-state index in [1.165, 1.54) is 0 Å². The minimum atomic E-state index is -0.662. The normalized spacial score (nSPS) is 12.9. The second-order valence-electron chi connectivity index (χ2n) is 2.49. The van der Waals surface area contributed by atoms with Crippen molar-refractivity contribution in [2.24, 2.45) is 0 Å². The molecule has 0 spiro atoms. The smallest absolute Gasteiger partial charge is 0.316 e. The van der Waals surface area contributed by atoms with Gasteiger partial charge in [-0.2, -0.15) is 0 Å². The fourth-order valence-electron chi connectivity index (χ4n) is 0.800. The molecule has 0 aliphatic carbocycles. The Morgan fingerprint density at radius 2 is 2.09 bits per heavy atom. The van der Waals surface area contributed by atoms with Gasteiger partial charge >= 0.3 is 5.97 Å². The summed E-state index contributed by atoms with van der Waals surface area (Å²) in [7, 11) is 0. The van der Waals surface area contributed by atoms with Crippen LogP contribution in [0.3, 0.4) is 0 Å². The first-order chi connectivity index (χ1) is 5.22. The third-order valence-electron chi connectivity index (χ3n) is 1.35. The van der Waals surface area contributed by atoms with Crippen LogP contribution in [0, 0.1) is 0 Å². The minimum absolute atomic E-state index is 0.181. The first-order valence-corrected chi connectivity index (χ1v) is 5.11. The summed E-state index contributed by atoms with van der Waals surface area (Å²) < 4.78 is 0. The van der Waals surface area contributed by atoms with E-state index in [0.29, 0.717) is 0 Å². The molecular formula is C8H16O2S. The largest absolute Gasteiger partial charge is 0.480 e. The molecule has 1 atom stereocenters. The van der Waals surface area contributed by atoms with E-state index < -0.39 is 5.97 Å². The van der Waals surface area contributed by atoms with E-state index in [2.05, 4.69) is 6.92 Å². The van der Waals surface area contributed by atoms with Crippen LogP contribution >= 0.6 is 11.8 Å². The van der Waals surface area contributed by atoms with Gasteiger partial charge in [0.15, 0.2) is 0 Å². The molecule has 0 saturated heterocycles. The molecule has 0 bridgehead atoms. The molecule has 0 fully saturated rings. The SMILES string of the molecule is CCCSC(CCC)C(=O)O. The van der Waals surface area contributed by atoms with Gasteiger partial charge in [0, 0.05) is 0 Å². The maximum Gasteiger partial charge on any atom is 0.316 e. The molecule has 0 amide bonds. The van der Waals surface area contributed by atoms with Gasteiger partial charge in [-0.1, -0.05) is 20.3 Å². The van der Waals surface area contributed by atoms with Crippen molar-refractivity contribution in [3.63, 3.8) is 0 Å². The Balaban J connectivity index is 3.60. The lowest BCUT2D eigenvalue weighted by Gasteiger charge is -2.08. The van der Waals surface area contributed by atoms with Gasteiger partial charge in [-0.25, -0.2) is 0 Å². The van der Waals surface area contributed by atoms with Crippen LogP contribution in [0.5, 0.6) is 0 Å². The van der Waals surface area contributed by atoms with Crippen LogP contribution in [0.25, 0.3) is 0 Å². The van der Waals surface area contributed by atoms with Crippen molar-refractivity contribution in [3.05, 3.63) is 0 Å². The van der Waals surface area contributed by atoms with Crippen molar-refractivity contribution in [1.82, 2.24) is 0 Å².